The zero-order valence-corrected chi connectivity index (χ0v) is 19.8. The van der Waals surface area contributed by atoms with Gasteiger partial charge in [-0.3, -0.25) is 24.0 Å². The normalized spacial score (nSPS) is 14.8. The Morgan fingerprint density at radius 1 is 0.838 bits per heavy atom. The van der Waals surface area contributed by atoms with E-state index in [1.807, 2.05) is 0 Å². The zero-order valence-electron chi connectivity index (χ0n) is 19.8. The van der Waals surface area contributed by atoms with Gasteiger partial charge in [-0.05, 0) is 31.0 Å². The first kappa shape index (κ1) is 30.8. The van der Waals surface area contributed by atoms with Gasteiger partial charge < -0.3 is 47.2 Å². The van der Waals surface area contributed by atoms with Crippen LogP contribution in [0.15, 0.2) is 24.3 Å². The third kappa shape index (κ3) is 10.9. The van der Waals surface area contributed by atoms with Crippen LogP contribution in [0.1, 0.15) is 31.7 Å². The average Bonchev–Trinajstić information content (AvgIpc) is 2.80. The summed E-state index contributed by atoms with van der Waals surface area (Å²) in [6.45, 7) is 1.12. The van der Waals surface area contributed by atoms with E-state index >= 15 is 0 Å². The average molecular weight is 526 g/mol. The molecule has 37 heavy (non-hydrogen) atoms. The highest BCUT2D eigenvalue weighted by Gasteiger charge is 2.33. The van der Waals surface area contributed by atoms with E-state index in [1.165, 1.54) is 24.3 Å². The van der Waals surface area contributed by atoms with E-state index in [-0.39, 0.29) is 18.6 Å². The van der Waals surface area contributed by atoms with E-state index in [4.69, 9.17) is 15.9 Å². The summed E-state index contributed by atoms with van der Waals surface area (Å²) in [5.41, 5.74) is 6.02. The summed E-state index contributed by atoms with van der Waals surface area (Å²) in [5.74, 6) is -7.50. The van der Waals surface area contributed by atoms with Gasteiger partial charge >= 0.3 is 17.9 Å². The Hall–Kier alpha value is -4.24. The van der Waals surface area contributed by atoms with Crippen LogP contribution in [0.5, 0.6) is 5.75 Å². The molecule has 0 saturated carbocycles. The summed E-state index contributed by atoms with van der Waals surface area (Å²) in [4.78, 5) is 71.4. The van der Waals surface area contributed by atoms with E-state index in [0.717, 1.165) is 6.92 Å². The highest BCUT2D eigenvalue weighted by atomic mass is 16.4. The number of aliphatic carboxylic acids is 3. The number of carbonyl (C=O) groups excluding carboxylic acids is 3. The van der Waals surface area contributed by atoms with Gasteiger partial charge in [-0.25, -0.2) is 4.79 Å². The van der Waals surface area contributed by atoms with E-state index in [0.29, 0.717) is 5.56 Å². The van der Waals surface area contributed by atoms with Gasteiger partial charge in [0.2, 0.25) is 17.7 Å². The molecule has 0 aliphatic carbocycles. The van der Waals surface area contributed by atoms with Crippen LogP contribution >= 0.6 is 0 Å². The molecule has 204 valence electrons. The molecule has 0 spiro atoms. The van der Waals surface area contributed by atoms with Crippen LogP contribution in [0, 0.1) is 0 Å². The van der Waals surface area contributed by atoms with Crippen molar-refractivity contribution in [2.75, 3.05) is 0 Å². The van der Waals surface area contributed by atoms with Crippen molar-refractivity contribution in [1.82, 2.24) is 16.0 Å². The Balaban J connectivity index is 3.14. The van der Waals surface area contributed by atoms with Crippen LogP contribution in [0.3, 0.4) is 0 Å². The lowest BCUT2D eigenvalue weighted by molar-refractivity contribution is -0.145. The van der Waals surface area contributed by atoms with Crippen LogP contribution < -0.4 is 21.7 Å². The molecule has 0 aliphatic rings. The number of phenols is 1. The molecule has 1 aromatic carbocycles. The fourth-order valence-electron chi connectivity index (χ4n) is 3.06. The second kappa shape index (κ2) is 14.4. The molecular weight excluding hydrogens is 496 g/mol. The van der Waals surface area contributed by atoms with Gasteiger partial charge in [0.15, 0.2) is 6.04 Å². The van der Waals surface area contributed by atoms with Crippen LogP contribution in [-0.2, 0) is 35.2 Å². The topological polar surface area (TPSA) is 266 Å². The first-order chi connectivity index (χ1) is 17.2. The number of aliphatic hydroxyl groups excluding tert-OH is 1. The molecule has 0 heterocycles. The molecule has 1 rings (SSSR count). The van der Waals surface area contributed by atoms with E-state index in [2.05, 4.69) is 16.0 Å². The minimum atomic E-state index is -1.73. The minimum Gasteiger partial charge on any atom is -0.508 e. The molecule has 5 unspecified atom stereocenters. The molecule has 0 bridgehead atoms. The number of carboxylic acid groups (broad SMARTS) is 3. The molecule has 0 saturated heterocycles. The predicted octanol–water partition coefficient (Wildman–Crippen LogP) is -2.48. The van der Waals surface area contributed by atoms with Crippen molar-refractivity contribution < 1.29 is 54.3 Å². The number of nitrogens with one attached hydrogen (secondary N) is 3. The van der Waals surface area contributed by atoms with Gasteiger partial charge in [0.1, 0.15) is 17.8 Å². The standard InChI is InChI=1S/C22H30N4O11/c1-10(27)18(22(36)37)26-21(35)14(8-11-2-4-12(28)5-3-11)25-20(34)15(9-17(31)32)24-19(33)13(23)6-7-16(29)30/h2-5,10,13-15,18,27-28H,6-9,23H2,1H3,(H,24,33)(H,25,34)(H,26,35)(H,29,30)(H,31,32)(H,36,37). The lowest BCUT2D eigenvalue weighted by Crippen LogP contribution is -2.59. The van der Waals surface area contributed by atoms with Gasteiger partial charge in [0, 0.05) is 12.8 Å². The Morgan fingerprint density at radius 3 is 1.86 bits per heavy atom. The molecule has 10 N–H and O–H groups in total. The molecule has 3 amide bonds. The highest BCUT2D eigenvalue weighted by Crippen LogP contribution is 2.12. The second-order valence-corrected chi connectivity index (χ2v) is 8.19. The van der Waals surface area contributed by atoms with Crippen molar-refractivity contribution >= 4 is 35.6 Å². The molecule has 0 fully saturated rings. The number of hydrogen-bond acceptors (Lipinski definition) is 9. The summed E-state index contributed by atoms with van der Waals surface area (Å²) in [6, 6.07) is -0.865. The maximum absolute atomic E-state index is 12.9. The number of nitrogens with two attached hydrogens (primary N) is 1. The Morgan fingerprint density at radius 2 is 1.38 bits per heavy atom. The Bertz CT molecular complexity index is 997. The number of carbonyl (C=O) groups is 6. The van der Waals surface area contributed by atoms with Gasteiger partial charge in [-0.15, -0.1) is 0 Å². The number of amides is 3. The van der Waals surface area contributed by atoms with Crippen LogP contribution in [-0.4, -0.2) is 91.4 Å². The van der Waals surface area contributed by atoms with Gasteiger partial charge in [-0.1, -0.05) is 12.1 Å². The van der Waals surface area contributed by atoms with Crippen LogP contribution in [0.25, 0.3) is 0 Å². The SMILES string of the molecule is CC(O)C(NC(=O)C(Cc1ccc(O)cc1)NC(=O)C(CC(=O)O)NC(=O)C(N)CCC(=O)O)C(=O)O. The van der Waals surface area contributed by atoms with Crippen molar-refractivity contribution in [2.24, 2.45) is 5.73 Å². The van der Waals surface area contributed by atoms with Gasteiger partial charge in [-0.2, -0.15) is 0 Å². The molecule has 5 atom stereocenters. The van der Waals surface area contributed by atoms with Crippen molar-refractivity contribution in [1.29, 1.82) is 0 Å². The molecule has 0 aliphatic heterocycles. The fourth-order valence-corrected chi connectivity index (χ4v) is 3.06. The second-order valence-electron chi connectivity index (χ2n) is 8.19. The molecule has 0 aromatic heterocycles. The van der Waals surface area contributed by atoms with E-state index in [9.17, 15) is 44.1 Å². The zero-order chi connectivity index (χ0) is 28.3. The lowest BCUT2D eigenvalue weighted by atomic mass is 10.0. The third-order valence-corrected chi connectivity index (χ3v) is 5.07. The first-order valence-corrected chi connectivity index (χ1v) is 11.0. The van der Waals surface area contributed by atoms with Gasteiger partial charge in [0.25, 0.3) is 0 Å². The predicted molar refractivity (Wildman–Crippen MR) is 124 cm³/mol. The molecule has 15 nitrogen and oxygen atoms in total. The summed E-state index contributed by atoms with van der Waals surface area (Å²) in [5, 5.41) is 52.7. The molecule has 15 heteroatoms. The Labute approximate surface area is 210 Å². The number of aromatic hydroxyl groups is 1. The van der Waals surface area contributed by atoms with E-state index < -0.39 is 78.7 Å². The van der Waals surface area contributed by atoms with E-state index in [1.54, 1.807) is 0 Å². The van der Waals surface area contributed by atoms with Crippen LogP contribution in [0.2, 0.25) is 0 Å². The minimum absolute atomic E-state index is 0.0858. The lowest BCUT2D eigenvalue weighted by Gasteiger charge is -2.25. The fraction of sp³-hybridized carbons (Fsp3) is 0.455. The molecular formula is C22H30N4O11. The van der Waals surface area contributed by atoms with Gasteiger partial charge in [0.05, 0.1) is 18.6 Å². The monoisotopic (exact) mass is 526 g/mol. The van der Waals surface area contributed by atoms with Crippen molar-refractivity contribution in [3.8, 4) is 5.75 Å². The summed E-state index contributed by atoms with van der Waals surface area (Å²) >= 11 is 0. The maximum Gasteiger partial charge on any atom is 0.328 e. The number of benzene rings is 1. The number of hydrogen-bond donors (Lipinski definition) is 9. The summed E-state index contributed by atoms with van der Waals surface area (Å²) in [7, 11) is 0. The quantitative estimate of drug-likeness (QED) is 0.115. The largest absolute Gasteiger partial charge is 0.508 e. The van der Waals surface area contributed by atoms with Crippen molar-refractivity contribution in [3.05, 3.63) is 29.8 Å². The molecule has 1 aromatic rings. The van der Waals surface area contributed by atoms with Crippen molar-refractivity contribution in [2.45, 2.75) is 62.9 Å². The number of aliphatic hydroxyl groups is 1. The third-order valence-electron chi connectivity index (χ3n) is 5.07. The highest BCUT2D eigenvalue weighted by molar-refractivity contribution is 5.95. The number of rotatable bonds is 15. The molecule has 0 radical (unpaired) electrons. The maximum atomic E-state index is 12.9. The number of carboxylic acids is 3. The van der Waals surface area contributed by atoms with Crippen molar-refractivity contribution in [3.63, 3.8) is 0 Å². The number of phenolic OH excluding ortho intramolecular Hbond substituents is 1. The Kier molecular flexibility index (Phi) is 11.9. The smallest absolute Gasteiger partial charge is 0.328 e. The first-order valence-electron chi connectivity index (χ1n) is 11.0. The summed E-state index contributed by atoms with van der Waals surface area (Å²) in [6.07, 6.45) is -3.40. The summed E-state index contributed by atoms with van der Waals surface area (Å²) < 4.78 is 0. The van der Waals surface area contributed by atoms with Crippen LogP contribution in [0.4, 0.5) is 0 Å².